The first kappa shape index (κ1) is 10.2. The highest BCUT2D eigenvalue weighted by Crippen LogP contribution is 2.38. The zero-order valence-electron chi connectivity index (χ0n) is 8.17. The molecule has 0 unspecified atom stereocenters. The van der Waals surface area contributed by atoms with E-state index in [9.17, 15) is 9.59 Å². The van der Waals surface area contributed by atoms with Crippen LogP contribution in [0.5, 0.6) is 0 Å². The van der Waals surface area contributed by atoms with E-state index in [1.165, 1.54) is 0 Å². The largest absolute Gasteiger partial charge is 0.475 e. The van der Waals surface area contributed by atoms with Crippen molar-refractivity contribution in [2.75, 3.05) is 0 Å². The molecule has 0 atom stereocenters. The molecule has 1 saturated carbocycles. The summed E-state index contributed by atoms with van der Waals surface area (Å²) in [5, 5.41) is 8.51. The number of Topliss-reactive ketones (excluding diaryl/α,β-unsaturated/α-hetero) is 1. The molecule has 3 nitrogen and oxygen atoms in total. The van der Waals surface area contributed by atoms with Crippen molar-refractivity contribution in [3.8, 4) is 0 Å². The van der Waals surface area contributed by atoms with Crippen LogP contribution in [0.25, 0.3) is 0 Å². The molecule has 1 rings (SSSR count). The van der Waals surface area contributed by atoms with Crippen molar-refractivity contribution in [1.82, 2.24) is 0 Å². The Bertz CT molecular complexity index is 220. The van der Waals surface area contributed by atoms with Gasteiger partial charge in [0.15, 0.2) is 0 Å². The van der Waals surface area contributed by atoms with E-state index in [0.29, 0.717) is 0 Å². The fourth-order valence-corrected chi connectivity index (χ4v) is 1.84. The van der Waals surface area contributed by atoms with Crippen molar-refractivity contribution in [3.63, 3.8) is 0 Å². The number of carboxylic acid groups (broad SMARTS) is 1. The van der Waals surface area contributed by atoms with Gasteiger partial charge in [0, 0.05) is 5.92 Å². The van der Waals surface area contributed by atoms with Crippen LogP contribution >= 0.6 is 0 Å². The highest BCUT2D eigenvalue weighted by molar-refractivity contribution is 6.33. The van der Waals surface area contributed by atoms with Crippen LogP contribution in [0.3, 0.4) is 0 Å². The number of carbonyl (C=O) groups is 2. The number of aliphatic carboxylic acids is 1. The van der Waals surface area contributed by atoms with Crippen molar-refractivity contribution in [2.45, 2.75) is 39.5 Å². The van der Waals surface area contributed by atoms with Crippen molar-refractivity contribution in [1.29, 1.82) is 0 Å². The number of carboxylic acids is 1. The minimum absolute atomic E-state index is 0.231. The molecule has 1 aliphatic carbocycles. The van der Waals surface area contributed by atoms with E-state index >= 15 is 0 Å². The summed E-state index contributed by atoms with van der Waals surface area (Å²) in [6, 6.07) is 0. The Labute approximate surface area is 78.1 Å². The monoisotopic (exact) mass is 184 g/mol. The van der Waals surface area contributed by atoms with Gasteiger partial charge in [-0.15, -0.1) is 0 Å². The van der Waals surface area contributed by atoms with Gasteiger partial charge in [0.2, 0.25) is 5.78 Å². The van der Waals surface area contributed by atoms with Gasteiger partial charge in [-0.1, -0.05) is 13.8 Å². The Morgan fingerprint density at radius 1 is 1.23 bits per heavy atom. The third-order valence-electron chi connectivity index (χ3n) is 2.92. The number of ketones is 1. The molecule has 1 N–H and O–H groups in total. The number of hydrogen-bond acceptors (Lipinski definition) is 2. The lowest BCUT2D eigenvalue weighted by Gasteiger charge is -2.32. The Kier molecular flexibility index (Phi) is 2.74. The molecule has 0 heterocycles. The summed E-state index contributed by atoms with van der Waals surface area (Å²) in [6.07, 6.45) is 3.38. The molecule has 0 spiro atoms. The van der Waals surface area contributed by atoms with E-state index < -0.39 is 11.8 Å². The lowest BCUT2D eigenvalue weighted by molar-refractivity contribution is -0.151. The molecule has 0 amide bonds. The smallest absolute Gasteiger partial charge is 0.372 e. The maximum Gasteiger partial charge on any atom is 0.372 e. The Morgan fingerprint density at radius 2 is 1.69 bits per heavy atom. The van der Waals surface area contributed by atoms with E-state index in [4.69, 9.17) is 5.11 Å². The lowest BCUT2D eigenvalue weighted by Crippen LogP contribution is -2.30. The van der Waals surface area contributed by atoms with Crippen LogP contribution in [0.15, 0.2) is 0 Å². The number of hydrogen-bond donors (Lipinski definition) is 1. The molecule has 1 aliphatic rings. The van der Waals surface area contributed by atoms with Crippen LogP contribution in [0.4, 0.5) is 0 Å². The highest BCUT2D eigenvalue weighted by Gasteiger charge is 2.32. The Hall–Kier alpha value is -0.860. The lowest BCUT2D eigenvalue weighted by atomic mass is 9.72. The van der Waals surface area contributed by atoms with Crippen LogP contribution in [0, 0.1) is 11.3 Å². The average molecular weight is 184 g/mol. The molecule has 0 aromatic heterocycles. The third-order valence-corrected chi connectivity index (χ3v) is 2.92. The normalized spacial score (nSPS) is 22.6. The predicted octanol–water partition coefficient (Wildman–Crippen LogP) is 1.86. The number of rotatable bonds is 2. The van der Waals surface area contributed by atoms with E-state index in [1.807, 2.05) is 0 Å². The average Bonchev–Trinajstić information content (AvgIpc) is 2.03. The fourth-order valence-electron chi connectivity index (χ4n) is 1.84. The molecular formula is C10H16O3. The third kappa shape index (κ3) is 2.54. The van der Waals surface area contributed by atoms with E-state index in [2.05, 4.69) is 13.8 Å². The molecule has 13 heavy (non-hydrogen) atoms. The van der Waals surface area contributed by atoms with Crippen LogP contribution in [-0.2, 0) is 9.59 Å². The highest BCUT2D eigenvalue weighted by atomic mass is 16.4. The molecular weight excluding hydrogens is 168 g/mol. The van der Waals surface area contributed by atoms with Gasteiger partial charge >= 0.3 is 5.97 Å². The second kappa shape index (κ2) is 3.48. The zero-order valence-corrected chi connectivity index (χ0v) is 8.17. The molecule has 0 saturated heterocycles. The van der Waals surface area contributed by atoms with Gasteiger partial charge in [-0.2, -0.15) is 0 Å². The Morgan fingerprint density at radius 3 is 2.08 bits per heavy atom. The summed E-state index contributed by atoms with van der Waals surface area (Å²) in [4.78, 5) is 21.5. The summed E-state index contributed by atoms with van der Waals surface area (Å²) in [5.41, 5.74) is 0.287. The van der Waals surface area contributed by atoms with Crippen molar-refractivity contribution < 1.29 is 14.7 Å². The maximum atomic E-state index is 11.1. The van der Waals surface area contributed by atoms with E-state index in [0.717, 1.165) is 25.7 Å². The topological polar surface area (TPSA) is 54.4 Å². The van der Waals surface area contributed by atoms with Crippen molar-refractivity contribution >= 4 is 11.8 Å². The molecule has 0 bridgehead atoms. The summed E-state index contributed by atoms with van der Waals surface area (Å²) >= 11 is 0. The minimum Gasteiger partial charge on any atom is -0.475 e. The van der Waals surface area contributed by atoms with Gasteiger partial charge in [-0.3, -0.25) is 4.79 Å². The number of carbonyl (C=O) groups excluding carboxylic acids is 1. The molecule has 3 heteroatoms. The first-order valence-corrected chi connectivity index (χ1v) is 4.69. The summed E-state index contributed by atoms with van der Waals surface area (Å²) < 4.78 is 0. The summed E-state index contributed by atoms with van der Waals surface area (Å²) in [7, 11) is 0. The van der Waals surface area contributed by atoms with E-state index in [1.54, 1.807) is 0 Å². The van der Waals surface area contributed by atoms with Gasteiger partial charge in [-0.25, -0.2) is 4.79 Å². The zero-order chi connectivity index (χ0) is 10.1. The van der Waals surface area contributed by atoms with Gasteiger partial charge in [0.25, 0.3) is 0 Å². The molecule has 0 aromatic carbocycles. The minimum atomic E-state index is -1.27. The van der Waals surface area contributed by atoms with Crippen LogP contribution in [0.1, 0.15) is 39.5 Å². The molecule has 0 aliphatic heterocycles. The van der Waals surface area contributed by atoms with Crippen molar-refractivity contribution in [2.24, 2.45) is 11.3 Å². The van der Waals surface area contributed by atoms with Crippen LogP contribution in [-0.4, -0.2) is 16.9 Å². The summed E-state index contributed by atoms with van der Waals surface area (Å²) in [6.45, 7) is 4.32. The molecule has 1 fully saturated rings. The fraction of sp³-hybridized carbons (Fsp3) is 0.800. The van der Waals surface area contributed by atoms with E-state index in [-0.39, 0.29) is 11.3 Å². The van der Waals surface area contributed by atoms with Crippen LogP contribution < -0.4 is 0 Å². The quantitative estimate of drug-likeness (QED) is 0.666. The Balaban J connectivity index is 2.50. The molecule has 0 radical (unpaired) electrons. The van der Waals surface area contributed by atoms with Crippen LogP contribution in [0.2, 0.25) is 0 Å². The van der Waals surface area contributed by atoms with Gasteiger partial charge in [0.05, 0.1) is 0 Å². The second-order valence-electron chi connectivity index (χ2n) is 4.61. The maximum absolute atomic E-state index is 11.1. The summed E-state index contributed by atoms with van der Waals surface area (Å²) in [5.74, 6) is -2.11. The van der Waals surface area contributed by atoms with Gasteiger partial charge in [0.1, 0.15) is 0 Å². The first-order valence-electron chi connectivity index (χ1n) is 4.69. The standard InChI is InChI=1S/C10H16O3/c1-10(2)5-3-7(4-6-10)8(11)9(12)13/h7H,3-6H2,1-2H3,(H,12,13). The predicted molar refractivity (Wildman–Crippen MR) is 48.4 cm³/mol. The van der Waals surface area contributed by atoms with Gasteiger partial charge in [-0.05, 0) is 31.1 Å². The first-order chi connectivity index (χ1) is 5.92. The molecule has 0 aromatic rings. The van der Waals surface area contributed by atoms with Gasteiger partial charge < -0.3 is 5.11 Å². The SMILES string of the molecule is CC1(C)CCC(C(=O)C(=O)O)CC1. The second-order valence-corrected chi connectivity index (χ2v) is 4.61. The van der Waals surface area contributed by atoms with Crippen molar-refractivity contribution in [3.05, 3.63) is 0 Å². The molecule has 74 valence electrons.